The Balaban J connectivity index is 1.53. The van der Waals surface area contributed by atoms with Crippen LogP contribution in [0.2, 0.25) is 0 Å². The summed E-state index contributed by atoms with van der Waals surface area (Å²) in [4.78, 5) is 15.5. The van der Waals surface area contributed by atoms with Crippen molar-refractivity contribution in [1.29, 1.82) is 0 Å². The molecule has 5 nitrogen and oxygen atoms in total. The minimum atomic E-state index is -0.216. The van der Waals surface area contributed by atoms with Crippen molar-refractivity contribution < 1.29 is 9.53 Å². The number of rotatable bonds is 5. The van der Waals surface area contributed by atoms with Gasteiger partial charge in [0.2, 0.25) is 0 Å². The van der Waals surface area contributed by atoms with Crippen LogP contribution in [0.25, 0.3) is 0 Å². The molecule has 0 bridgehead atoms. The zero-order chi connectivity index (χ0) is 21.4. The molecule has 1 aromatic heterocycles. The minimum Gasteiger partial charge on any atom is -0.376 e. The quantitative estimate of drug-likeness (QED) is 0.634. The van der Waals surface area contributed by atoms with Crippen LogP contribution in [0.15, 0.2) is 60.7 Å². The average molecular weight is 416 g/mol. The number of carbonyl (C=O) groups is 1. The summed E-state index contributed by atoms with van der Waals surface area (Å²) in [7, 11) is 0. The van der Waals surface area contributed by atoms with Crippen molar-refractivity contribution in [3.8, 4) is 0 Å². The number of anilines is 1. The molecular weight excluding hydrogens is 386 g/mol. The highest BCUT2D eigenvalue weighted by molar-refractivity contribution is 6.01. The van der Waals surface area contributed by atoms with E-state index < -0.39 is 0 Å². The van der Waals surface area contributed by atoms with Gasteiger partial charge >= 0.3 is 0 Å². The number of para-hydroxylation sites is 1. The highest BCUT2D eigenvalue weighted by Crippen LogP contribution is 2.36. The Morgan fingerprint density at radius 1 is 1.06 bits per heavy atom. The van der Waals surface area contributed by atoms with Gasteiger partial charge in [-0.15, -0.1) is 0 Å². The van der Waals surface area contributed by atoms with Crippen LogP contribution in [0.5, 0.6) is 0 Å². The van der Waals surface area contributed by atoms with E-state index in [2.05, 4.69) is 41.9 Å². The Morgan fingerprint density at radius 3 is 2.61 bits per heavy atom. The lowest BCUT2D eigenvalue weighted by Crippen LogP contribution is -2.42. The summed E-state index contributed by atoms with van der Waals surface area (Å²) < 4.78 is 8.23. The number of aromatic nitrogens is 1. The Morgan fingerprint density at radius 2 is 1.84 bits per heavy atom. The molecule has 5 rings (SSSR count). The third kappa shape index (κ3) is 3.74. The lowest BCUT2D eigenvalue weighted by Gasteiger charge is -2.38. The van der Waals surface area contributed by atoms with Gasteiger partial charge in [-0.25, -0.2) is 0 Å². The van der Waals surface area contributed by atoms with Crippen LogP contribution in [0.3, 0.4) is 0 Å². The second-order valence-corrected chi connectivity index (χ2v) is 8.58. The number of nitrogens with zero attached hydrogens (tertiary/aromatic N) is 2. The van der Waals surface area contributed by atoms with E-state index in [9.17, 15) is 4.79 Å². The fourth-order valence-electron chi connectivity index (χ4n) is 4.86. The second-order valence-electron chi connectivity index (χ2n) is 8.58. The predicted octanol–water partition coefficient (Wildman–Crippen LogP) is 5.05. The third-order valence-corrected chi connectivity index (χ3v) is 6.54. The van der Waals surface area contributed by atoms with E-state index in [-0.39, 0.29) is 18.2 Å². The molecule has 2 aliphatic heterocycles. The zero-order valence-electron chi connectivity index (χ0n) is 18.2. The number of fused-ring (bicyclic) bond motifs is 1. The molecule has 0 spiro atoms. The van der Waals surface area contributed by atoms with Crippen LogP contribution in [-0.2, 0) is 17.8 Å². The van der Waals surface area contributed by atoms with E-state index in [0.29, 0.717) is 6.54 Å². The number of aryl methyl sites for hydroxylation is 1. The summed E-state index contributed by atoms with van der Waals surface area (Å²) in [6.07, 6.45) is 2.31. The van der Waals surface area contributed by atoms with Gasteiger partial charge in [-0.2, -0.15) is 0 Å². The number of carbonyl (C=O) groups excluding carboxylic acids is 1. The Kier molecular flexibility index (Phi) is 5.28. The van der Waals surface area contributed by atoms with E-state index in [1.54, 1.807) is 0 Å². The maximum Gasteiger partial charge on any atom is 0.258 e. The molecule has 1 amide bonds. The highest BCUT2D eigenvalue weighted by Gasteiger charge is 2.35. The van der Waals surface area contributed by atoms with E-state index >= 15 is 0 Å². The van der Waals surface area contributed by atoms with Crippen LogP contribution < -0.4 is 5.32 Å². The van der Waals surface area contributed by atoms with Gasteiger partial charge in [0.1, 0.15) is 6.17 Å². The van der Waals surface area contributed by atoms with Gasteiger partial charge in [-0.3, -0.25) is 4.79 Å². The van der Waals surface area contributed by atoms with Gasteiger partial charge in [0, 0.05) is 42.3 Å². The van der Waals surface area contributed by atoms with Gasteiger partial charge in [-0.05, 0) is 50.5 Å². The summed E-state index contributed by atoms with van der Waals surface area (Å²) in [6.45, 7) is 6.59. The molecule has 1 saturated heterocycles. The van der Waals surface area contributed by atoms with E-state index in [1.807, 2.05) is 47.4 Å². The van der Waals surface area contributed by atoms with Gasteiger partial charge in [-0.1, -0.05) is 42.5 Å². The number of ether oxygens (including phenoxy) is 1. The fourth-order valence-corrected chi connectivity index (χ4v) is 4.86. The van der Waals surface area contributed by atoms with Crippen LogP contribution in [0, 0.1) is 13.8 Å². The fraction of sp³-hybridized carbons (Fsp3) is 0.346. The third-order valence-electron chi connectivity index (χ3n) is 6.54. The largest absolute Gasteiger partial charge is 0.376 e. The average Bonchev–Trinajstić information content (AvgIpc) is 3.40. The first-order chi connectivity index (χ1) is 15.1. The van der Waals surface area contributed by atoms with Crippen LogP contribution in [0.4, 0.5) is 5.69 Å². The first-order valence-corrected chi connectivity index (χ1v) is 11.1. The van der Waals surface area contributed by atoms with E-state index in [1.165, 1.54) is 11.4 Å². The molecule has 3 aromatic rings. The summed E-state index contributed by atoms with van der Waals surface area (Å²) in [5.41, 5.74) is 6.28. The number of nitrogens with one attached hydrogen (secondary N) is 1. The zero-order valence-corrected chi connectivity index (χ0v) is 18.2. The van der Waals surface area contributed by atoms with Crippen molar-refractivity contribution in [2.75, 3.05) is 11.9 Å². The van der Waals surface area contributed by atoms with Crippen molar-refractivity contribution in [2.24, 2.45) is 0 Å². The molecule has 1 fully saturated rings. The number of benzene rings is 2. The molecule has 0 unspecified atom stereocenters. The van der Waals surface area contributed by atoms with Gasteiger partial charge < -0.3 is 19.5 Å². The second kappa shape index (κ2) is 8.23. The first kappa shape index (κ1) is 19.9. The molecule has 2 aromatic carbocycles. The van der Waals surface area contributed by atoms with Crippen molar-refractivity contribution in [3.63, 3.8) is 0 Å². The summed E-state index contributed by atoms with van der Waals surface area (Å²) in [6, 6.07) is 20.2. The maximum atomic E-state index is 13.5. The van der Waals surface area contributed by atoms with Crippen molar-refractivity contribution in [3.05, 3.63) is 88.7 Å². The molecule has 0 radical (unpaired) electrons. The summed E-state index contributed by atoms with van der Waals surface area (Å²) >= 11 is 0. The van der Waals surface area contributed by atoms with Crippen molar-refractivity contribution in [2.45, 2.75) is 52.0 Å². The van der Waals surface area contributed by atoms with Gasteiger partial charge in [0.15, 0.2) is 0 Å². The highest BCUT2D eigenvalue weighted by atomic mass is 16.5. The SMILES string of the molecule is Cc1cc([C@H]2Nc3ccccc3C(=O)N2Cc2ccccc2)c(C)n1C[C@H]1CCCO1. The Labute approximate surface area is 183 Å². The van der Waals surface area contributed by atoms with E-state index in [4.69, 9.17) is 4.74 Å². The normalized spacial score (nSPS) is 20.6. The van der Waals surface area contributed by atoms with Gasteiger partial charge in [0.25, 0.3) is 5.91 Å². The number of hydrogen-bond acceptors (Lipinski definition) is 3. The molecule has 3 heterocycles. The molecule has 160 valence electrons. The lowest BCUT2D eigenvalue weighted by atomic mass is 10.0. The maximum absolute atomic E-state index is 13.5. The molecule has 2 atom stereocenters. The van der Waals surface area contributed by atoms with Crippen LogP contribution in [-0.4, -0.2) is 28.1 Å². The van der Waals surface area contributed by atoms with E-state index in [0.717, 1.165) is 48.4 Å². The standard InChI is InChI=1S/C26H29N3O2/c1-18-15-23(19(2)28(18)17-21-11-8-14-31-21)25-27-24-13-7-6-12-22(24)26(30)29(25)16-20-9-4-3-5-10-20/h3-7,9-10,12-13,15,21,25,27H,8,11,14,16-17H2,1-2H3/t21-,25+/m1/s1. The molecule has 1 N–H and O–H groups in total. The topological polar surface area (TPSA) is 46.5 Å². The number of hydrogen-bond donors (Lipinski definition) is 1. The molecule has 0 aliphatic carbocycles. The van der Waals surface area contributed by atoms with Crippen LogP contribution >= 0.6 is 0 Å². The molecular formula is C26H29N3O2. The Hall–Kier alpha value is -3.05. The van der Waals surface area contributed by atoms with Crippen molar-refractivity contribution >= 4 is 11.6 Å². The smallest absolute Gasteiger partial charge is 0.258 e. The molecule has 31 heavy (non-hydrogen) atoms. The lowest BCUT2D eigenvalue weighted by molar-refractivity contribution is 0.0665. The first-order valence-electron chi connectivity index (χ1n) is 11.1. The van der Waals surface area contributed by atoms with Gasteiger partial charge in [0.05, 0.1) is 11.7 Å². The van der Waals surface area contributed by atoms with Crippen molar-refractivity contribution in [1.82, 2.24) is 9.47 Å². The molecule has 2 aliphatic rings. The number of amides is 1. The Bertz CT molecular complexity index is 1080. The summed E-state index contributed by atoms with van der Waals surface area (Å²) in [5, 5.41) is 3.65. The predicted molar refractivity (Wildman–Crippen MR) is 122 cm³/mol. The summed E-state index contributed by atoms with van der Waals surface area (Å²) in [5.74, 6) is 0.0622. The molecule has 5 heteroatoms. The van der Waals surface area contributed by atoms with Crippen LogP contribution in [0.1, 0.15) is 51.9 Å². The monoisotopic (exact) mass is 415 g/mol. The molecule has 0 saturated carbocycles. The minimum absolute atomic E-state index is 0.0622.